The van der Waals surface area contributed by atoms with Gasteiger partial charge in [-0.15, -0.1) is 0 Å². The maximum absolute atomic E-state index is 12.1. The molecular formula is C24H31N3O4. The lowest BCUT2D eigenvalue weighted by Gasteiger charge is -2.10. The number of hydrogen-bond acceptors (Lipinski definition) is 5. The molecular weight excluding hydrogens is 394 g/mol. The van der Waals surface area contributed by atoms with Gasteiger partial charge in [0, 0.05) is 18.5 Å². The molecule has 0 aromatic heterocycles. The minimum Gasteiger partial charge on any atom is -0.493 e. The van der Waals surface area contributed by atoms with Crippen molar-refractivity contribution in [2.24, 2.45) is 5.10 Å². The summed E-state index contributed by atoms with van der Waals surface area (Å²) in [6.07, 6.45) is 3.67. The van der Waals surface area contributed by atoms with Gasteiger partial charge in [-0.2, -0.15) is 5.10 Å². The fourth-order valence-electron chi connectivity index (χ4n) is 2.76. The highest BCUT2D eigenvalue weighted by Crippen LogP contribution is 2.27. The van der Waals surface area contributed by atoms with Gasteiger partial charge in [-0.1, -0.05) is 25.5 Å². The molecule has 0 aliphatic carbocycles. The molecule has 166 valence electrons. The van der Waals surface area contributed by atoms with Crippen LogP contribution in [0.25, 0.3) is 0 Å². The third-order valence-electron chi connectivity index (χ3n) is 4.59. The van der Waals surface area contributed by atoms with Crippen molar-refractivity contribution >= 4 is 23.7 Å². The Morgan fingerprint density at radius 2 is 1.81 bits per heavy atom. The number of anilines is 1. The summed E-state index contributed by atoms with van der Waals surface area (Å²) in [4.78, 5) is 24.1. The molecule has 0 saturated carbocycles. The summed E-state index contributed by atoms with van der Waals surface area (Å²) in [5.74, 6) is 0.733. The second kappa shape index (κ2) is 12.4. The maximum atomic E-state index is 12.1. The van der Waals surface area contributed by atoms with E-state index < -0.39 is 0 Å². The molecule has 0 bridgehead atoms. The highest BCUT2D eigenvalue weighted by atomic mass is 16.5. The van der Waals surface area contributed by atoms with Crippen LogP contribution in [0.1, 0.15) is 49.3 Å². The number of carbonyl (C=O) groups excluding carboxylic acids is 2. The number of carbonyl (C=O) groups is 2. The van der Waals surface area contributed by atoms with E-state index in [9.17, 15) is 9.59 Å². The first-order chi connectivity index (χ1) is 14.9. The van der Waals surface area contributed by atoms with Crippen molar-refractivity contribution in [1.82, 2.24) is 5.43 Å². The SMILES string of the molecule is CCCCOc1ccc(C=NNC(=O)CCC(=O)Nc2cc(C)ccc2C)cc1OC. The molecule has 0 fully saturated rings. The number of hydrazone groups is 1. The zero-order valence-electron chi connectivity index (χ0n) is 18.7. The number of amides is 2. The molecule has 0 aliphatic heterocycles. The van der Waals surface area contributed by atoms with Gasteiger partial charge in [0.2, 0.25) is 11.8 Å². The largest absolute Gasteiger partial charge is 0.493 e. The van der Waals surface area contributed by atoms with E-state index in [0.29, 0.717) is 18.1 Å². The molecule has 31 heavy (non-hydrogen) atoms. The number of ether oxygens (including phenoxy) is 2. The number of rotatable bonds is 11. The van der Waals surface area contributed by atoms with Crippen molar-refractivity contribution in [3.8, 4) is 11.5 Å². The number of aryl methyl sites for hydroxylation is 2. The van der Waals surface area contributed by atoms with Crippen molar-refractivity contribution in [2.75, 3.05) is 19.0 Å². The molecule has 0 radical (unpaired) electrons. The van der Waals surface area contributed by atoms with Crippen LogP contribution >= 0.6 is 0 Å². The first kappa shape index (κ1) is 23.9. The lowest BCUT2D eigenvalue weighted by Crippen LogP contribution is -2.21. The fraction of sp³-hybridized carbons (Fsp3) is 0.375. The van der Waals surface area contributed by atoms with Crippen molar-refractivity contribution in [2.45, 2.75) is 46.5 Å². The molecule has 0 atom stereocenters. The van der Waals surface area contributed by atoms with Gasteiger partial charge in [0.25, 0.3) is 0 Å². The number of unbranched alkanes of at least 4 members (excludes halogenated alkanes) is 1. The van der Waals surface area contributed by atoms with Gasteiger partial charge in [-0.3, -0.25) is 9.59 Å². The number of nitrogens with zero attached hydrogens (tertiary/aromatic N) is 1. The van der Waals surface area contributed by atoms with Crippen LogP contribution in [0.4, 0.5) is 5.69 Å². The second-order valence-corrected chi connectivity index (χ2v) is 7.27. The number of benzene rings is 2. The molecule has 2 N–H and O–H groups in total. The quantitative estimate of drug-likeness (QED) is 0.318. The van der Waals surface area contributed by atoms with E-state index in [4.69, 9.17) is 9.47 Å². The van der Waals surface area contributed by atoms with Crippen LogP contribution in [-0.4, -0.2) is 31.7 Å². The first-order valence-electron chi connectivity index (χ1n) is 10.4. The predicted octanol–water partition coefficient (Wildman–Crippen LogP) is 4.36. The van der Waals surface area contributed by atoms with Gasteiger partial charge in [-0.05, 0) is 61.2 Å². The Labute approximate surface area is 183 Å². The minimum atomic E-state index is -0.334. The third-order valence-corrected chi connectivity index (χ3v) is 4.59. The Kier molecular flexibility index (Phi) is 9.55. The van der Waals surface area contributed by atoms with E-state index in [2.05, 4.69) is 22.8 Å². The molecule has 2 rings (SSSR count). The highest BCUT2D eigenvalue weighted by molar-refractivity contribution is 5.94. The highest BCUT2D eigenvalue weighted by Gasteiger charge is 2.09. The van der Waals surface area contributed by atoms with Crippen molar-refractivity contribution < 1.29 is 19.1 Å². The van der Waals surface area contributed by atoms with E-state index in [1.165, 1.54) is 6.21 Å². The number of nitrogens with one attached hydrogen (secondary N) is 2. The molecule has 0 saturated heterocycles. The van der Waals surface area contributed by atoms with Crippen LogP contribution in [0.3, 0.4) is 0 Å². The Bertz CT molecular complexity index is 925. The average Bonchev–Trinajstić information content (AvgIpc) is 2.75. The normalized spacial score (nSPS) is 10.7. The molecule has 7 nitrogen and oxygen atoms in total. The summed E-state index contributed by atoms with van der Waals surface area (Å²) < 4.78 is 11.1. The molecule has 0 unspecified atom stereocenters. The van der Waals surface area contributed by atoms with Gasteiger partial charge >= 0.3 is 0 Å². The maximum Gasteiger partial charge on any atom is 0.240 e. The van der Waals surface area contributed by atoms with Crippen LogP contribution in [-0.2, 0) is 9.59 Å². The Morgan fingerprint density at radius 1 is 1.03 bits per heavy atom. The fourth-order valence-corrected chi connectivity index (χ4v) is 2.76. The Morgan fingerprint density at radius 3 is 2.55 bits per heavy atom. The second-order valence-electron chi connectivity index (χ2n) is 7.27. The van der Waals surface area contributed by atoms with Gasteiger partial charge in [0.05, 0.1) is 19.9 Å². The van der Waals surface area contributed by atoms with E-state index in [1.54, 1.807) is 13.2 Å². The van der Waals surface area contributed by atoms with Crippen LogP contribution in [0.15, 0.2) is 41.5 Å². The zero-order chi connectivity index (χ0) is 22.6. The summed E-state index contributed by atoms with van der Waals surface area (Å²) in [7, 11) is 1.58. The molecule has 7 heteroatoms. The monoisotopic (exact) mass is 425 g/mol. The van der Waals surface area contributed by atoms with Crippen LogP contribution in [0, 0.1) is 13.8 Å². The lowest BCUT2D eigenvalue weighted by molar-refractivity contribution is -0.124. The van der Waals surface area contributed by atoms with E-state index in [1.807, 2.05) is 44.2 Å². The zero-order valence-corrected chi connectivity index (χ0v) is 18.7. The van der Waals surface area contributed by atoms with Gasteiger partial charge < -0.3 is 14.8 Å². The van der Waals surface area contributed by atoms with Crippen molar-refractivity contribution in [3.05, 3.63) is 53.1 Å². The molecule has 2 aromatic carbocycles. The summed E-state index contributed by atoms with van der Waals surface area (Å²) in [6, 6.07) is 11.3. The molecule has 0 spiro atoms. The Hall–Kier alpha value is -3.35. The summed E-state index contributed by atoms with van der Waals surface area (Å²) in [5.41, 5.74) is 6.00. The smallest absolute Gasteiger partial charge is 0.240 e. The molecule has 0 aliphatic rings. The van der Waals surface area contributed by atoms with Gasteiger partial charge in [0.15, 0.2) is 11.5 Å². The summed E-state index contributed by atoms with van der Waals surface area (Å²) in [6.45, 7) is 6.62. The van der Waals surface area contributed by atoms with Crippen LogP contribution in [0.5, 0.6) is 11.5 Å². The summed E-state index contributed by atoms with van der Waals surface area (Å²) >= 11 is 0. The molecule has 2 amide bonds. The number of methoxy groups -OCH3 is 1. The van der Waals surface area contributed by atoms with Crippen LogP contribution < -0.4 is 20.2 Å². The van der Waals surface area contributed by atoms with Crippen LogP contribution in [0.2, 0.25) is 0 Å². The van der Waals surface area contributed by atoms with E-state index in [0.717, 1.165) is 35.2 Å². The first-order valence-corrected chi connectivity index (χ1v) is 10.4. The topological polar surface area (TPSA) is 89.0 Å². The van der Waals surface area contributed by atoms with Gasteiger partial charge in [0.1, 0.15) is 0 Å². The standard InChI is InChI=1S/C24H31N3O4/c1-5-6-13-31-21-10-9-19(15-22(21)30-4)16-25-27-24(29)12-11-23(28)26-20-14-17(2)7-8-18(20)3/h7-10,14-16H,5-6,11-13H2,1-4H3,(H,26,28)(H,27,29). The van der Waals surface area contributed by atoms with E-state index >= 15 is 0 Å². The molecule has 0 heterocycles. The third kappa shape index (κ3) is 8.12. The van der Waals surface area contributed by atoms with E-state index in [-0.39, 0.29) is 24.7 Å². The lowest BCUT2D eigenvalue weighted by atomic mass is 10.1. The molecule has 2 aromatic rings. The van der Waals surface area contributed by atoms with Crippen molar-refractivity contribution in [3.63, 3.8) is 0 Å². The van der Waals surface area contributed by atoms with Gasteiger partial charge in [-0.25, -0.2) is 5.43 Å². The predicted molar refractivity (Wildman–Crippen MR) is 123 cm³/mol. The Balaban J connectivity index is 1.81. The number of hydrogen-bond donors (Lipinski definition) is 2. The average molecular weight is 426 g/mol. The van der Waals surface area contributed by atoms with Crippen molar-refractivity contribution in [1.29, 1.82) is 0 Å². The minimum absolute atomic E-state index is 0.0432. The summed E-state index contributed by atoms with van der Waals surface area (Å²) in [5, 5.41) is 6.80.